The summed E-state index contributed by atoms with van der Waals surface area (Å²) < 4.78 is 4.85. The van der Waals surface area contributed by atoms with Crippen LogP contribution in [0.2, 0.25) is 0 Å². The van der Waals surface area contributed by atoms with Gasteiger partial charge in [-0.3, -0.25) is 14.4 Å². The second-order valence-electron chi connectivity index (χ2n) is 5.96. The number of ether oxygens (including phenoxy) is 1. The van der Waals surface area contributed by atoms with Gasteiger partial charge in [0.2, 0.25) is 0 Å². The molecule has 6 nitrogen and oxygen atoms in total. The van der Waals surface area contributed by atoms with Crippen LogP contribution in [0, 0.1) is 0 Å². The Bertz CT molecular complexity index is 773. The van der Waals surface area contributed by atoms with E-state index in [4.69, 9.17) is 4.74 Å². The van der Waals surface area contributed by atoms with Crippen LogP contribution in [0.5, 0.6) is 0 Å². The molecule has 0 unspecified atom stereocenters. The monoisotopic (exact) mass is 356 g/mol. The van der Waals surface area contributed by atoms with Crippen LogP contribution in [0.1, 0.15) is 36.5 Å². The van der Waals surface area contributed by atoms with E-state index < -0.39 is 5.97 Å². The minimum Gasteiger partial charge on any atom is -0.454 e. The van der Waals surface area contributed by atoms with Crippen LogP contribution in [0.4, 0.5) is 0 Å². The van der Waals surface area contributed by atoms with E-state index in [-0.39, 0.29) is 25.0 Å². The van der Waals surface area contributed by atoms with Crippen molar-refractivity contribution in [2.24, 2.45) is 0 Å². The molecule has 2 N–H and O–H groups in total. The minimum absolute atomic E-state index is 0.283. The number of benzene rings is 2. The molecule has 2 amide bonds. The molecular weight excluding hydrogens is 332 g/mol. The van der Waals surface area contributed by atoms with E-state index in [1.807, 2.05) is 30.3 Å². The topological polar surface area (TPSA) is 84.5 Å². The van der Waals surface area contributed by atoms with Crippen LogP contribution in [0.25, 0.3) is 10.8 Å². The highest BCUT2D eigenvalue weighted by atomic mass is 16.5. The summed E-state index contributed by atoms with van der Waals surface area (Å²) in [5.74, 6) is -1.35. The Morgan fingerprint density at radius 3 is 2.50 bits per heavy atom. The van der Waals surface area contributed by atoms with Crippen molar-refractivity contribution in [1.29, 1.82) is 0 Å². The third-order valence-electron chi connectivity index (χ3n) is 3.87. The smallest absolute Gasteiger partial charge is 0.325 e. The number of carbonyl (C=O) groups excluding carboxylic acids is 3. The van der Waals surface area contributed by atoms with Gasteiger partial charge in [-0.2, -0.15) is 0 Å². The average molecular weight is 356 g/mol. The number of esters is 1. The summed E-state index contributed by atoms with van der Waals surface area (Å²) in [4.78, 5) is 35.3. The number of hydrogen-bond acceptors (Lipinski definition) is 4. The van der Waals surface area contributed by atoms with Crippen molar-refractivity contribution in [3.63, 3.8) is 0 Å². The molecule has 26 heavy (non-hydrogen) atoms. The molecule has 0 radical (unpaired) electrons. The van der Waals surface area contributed by atoms with Crippen molar-refractivity contribution in [2.75, 3.05) is 19.7 Å². The first-order valence-corrected chi connectivity index (χ1v) is 8.79. The molecule has 0 aliphatic rings. The lowest BCUT2D eigenvalue weighted by atomic mass is 10.1. The number of hydrogen-bond donors (Lipinski definition) is 2. The fourth-order valence-corrected chi connectivity index (χ4v) is 2.44. The molecule has 2 aromatic carbocycles. The van der Waals surface area contributed by atoms with Crippen molar-refractivity contribution in [1.82, 2.24) is 10.6 Å². The second kappa shape index (κ2) is 10.2. The fourth-order valence-electron chi connectivity index (χ4n) is 2.44. The quantitative estimate of drug-likeness (QED) is 0.534. The van der Waals surface area contributed by atoms with Crippen molar-refractivity contribution in [3.05, 3.63) is 48.0 Å². The van der Waals surface area contributed by atoms with Gasteiger partial charge in [0.25, 0.3) is 11.8 Å². The van der Waals surface area contributed by atoms with E-state index in [0.717, 1.165) is 30.0 Å². The predicted octanol–water partition coefficient (Wildman–Crippen LogP) is 2.42. The van der Waals surface area contributed by atoms with Gasteiger partial charge in [0, 0.05) is 12.1 Å². The van der Waals surface area contributed by atoms with Gasteiger partial charge in [-0.1, -0.05) is 50.1 Å². The third kappa shape index (κ3) is 6.20. The lowest BCUT2D eigenvalue weighted by molar-refractivity contribution is -0.147. The Hall–Kier alpha value is -2.89. The Labute approximate surface area is 152 Å². The highest BCUT2D eigenvalue weighted by Gasteiger charge is 2.11. The van der Waals surface area contributed by atoms with Crippen LogP contribution in [0.3, 0.4) is 0 Å². The van der Waals surface area contributed by atoms with E-state index in [1.54, 1.807) is 12.1 Å². The Morgan fingerprint density at radius 2 is 1.73 bits per heavy atom. The summed E-state index contributed by atoms with van der Waals surface area (Å²) in [6, 6.07) is 13.0. The maximum Gasteiger partial charge on any atom is 0.325 e. The van der Waals surface area contributed by atoms with Crippen LogP contribution in [-0.2, 0) is 14.3 Å². The highest BCUT2D eigenvalue weighted by molar-refractivity contribution is 5.99. The molecule has 0 atom stereocenters. The molecule has 6 heteroatoms. The molecule has 0 heterocycles. The zero-order chi connectivity index (χ0) is 18.8. The molecule has 2 rings (SSSR count). The zero-order valence-electron chi connectivity index (χ0n) is 14.9. The maximum absolute atomic E-state index is 12.1. The van der Waals surface area contributed by atoms with E-state index in [1.165, 1.54) is 0 Å². The summed E-state index contributed by atoms with van der Waals surface area (Å²) in [5, 5.41) is 7.16. The fraction of sp³-hybridized carbons (Fsp3) is 0.350. The molecule has 0 saturated carbocycles. The van der Waals surface area contributed by atoms with Gasteiger partial charge in [0.15, 0.2) is 6.61 Å². The molecule has 138 valence electrons. The maximum atomic E-state index is 12.1. The molecule has 0 aromatic heterocycles. The van der Waals surface area contributed by atoms with Gasteiger partial charge >= 0.3 is 5.97 Å². The number of unbranched alkanes of at least 4 members (excludes halogenated alkanes) is 2. The third-order valence-corrected chi connectivity index (χ3v) is 3.87. The molecule has 0 saturated heterocycles. The summed E-state index contributed by atoms with van der Waals surface area (Å²) in [7, 11) is 0. The number of nitrogens with one attached hydrogen (secondary N) is 2. The number of rotatable bonds is 9. The van der Waals surface area contributed by atoms with Gasteiger partial charge in [0.1, 0.15) is 6.54 Å². The van der Waals surface area contributed by atoms with Gasteiger partial charge in [-0.15, -0.1) is 0 Å². The number of amides is 2. The SMILES string of the molecule is CCCCCNC(=O)COC(=O)CNC(=O)c1ccc2ccccc2c1. The first-order chi connectivity index (χ1) is 12.6. The van der Waals surface area contributed by atoms with Crippen molar-refractivity contribution in [2.45, 2.75) is 26.2 Å². The van der Waals surface area contributed by atoms with Gasteiger partial charge in [-0.05, 0) is 29.3 Å². The number of carbonyl (C=O) groups is 3. The van der Waals surface area contributed by atoms with E-state index in [9.17, 15) is 14.4 Å². The normalized spacial score (nSPS) is 10.3. The van der Waals surface area contributed by atoms with Gasteiger partial charge in [0.05, 0.1) is 0 Å². The molecular formula is C20H24N2O4. The second-order valence-corrected chi connectivity index (χ2v) is 5.96. The molecule has 0 fully saturated rings. The highest BCUT2D eigenvalue weighted by Crippen LogP contribution is 2.15. The van der Waals surface area contributed by atoms with Crippen LogP contribution < -0.4 is 10.6 Å². The largest absolute Gasteiger partial charge is 0.454 e. The van der Waals surface area contributed by atoms with E-state index >= 15 is 0 Å². The summed E-state index contributed by atoms with van der Waals surface area (Å²) in [5.41, 5.74) is 0.463. The summed E-state index contributed by atoms with van der Waals surface area (Å²) in [6.07, 6.45) is 3.01. The molecule has 0 aliphatic carbocycles. The summed E-state index contributed by atoms with van der Waals surface area (Å²) >= 11 is 0. The standard InChI is InChI=1S/C20H24N2O4/c1-2-3-6-11-21-18(23)14-26-19(24)13-22-20(25)17-10-9-15-7-4-5-8-16(15)12-17/h4-5,7-10,12H,2-3,6,11,13-14H2,1H3,(H,21,23)(H,22,25). The number of fused-ring (bicyclic) bond motifs is 1. The van der Waals surface area contributed by atoms with Gasteiger partial charge < -0.3 is 15.4 Å². The van der Waals surface area contributed by atoms with Crippen LogP contribution >= 0.6 is 0 Å². The lowest BCUT2D eigenvalue weighted by Crippen LogP contribution is -2.34. The Morgan fingerprint density at radius 1 is 0.962 bits per heavy atom. The van der Waals surface area contributed by atoms with Crippen molar-refractivity contribution >= 4 is 28.6 Å². The first kappa shape index (κ1) is 19.4. The van der Waals surface area contributed by atoms with Crippen LogP contribution in [-0.4, -0.2) is 37.5 Å². The molecule has 0 spiro atoms. The van der Waals surface area contributed by atoms with Crippen molar-refractivity contribution < 1.29 is 19.1 Å². The van der Waals surface area contributed by atoms with Crippen LogP contribution in [0.15, 0.2) is 42.5 Å². The Kier molecular flexibility index (Phi) is 7.61. The summed E-state index contributed by atoms with van der Waals surface area (Å²) in [6.45, 7) is 2.03. The van der Waals surface area contributed by atoms with Crippen molar-refractivity contribution in [3.8, 4) is 0 Å². The molecule has 0 aliphatic heterocycles. The minimum atomic E-state index is -0.650. The van der Waals surface area contributed by atoms with E-state index in [0.29, 0.717) is 12.1 Å². The Balaban J connectivity index is 1.72. The molecule has 2 aromatic rings. The first-order valence-electron chi connectivity index (χ1n) is 8.79. The van der Waals surface area contributed by atoms with Gasteiger partial charge in [-0.25, -0.2) is 0 Å². The lowest BCUT2D eigenvalue weighted by Gasteiger charge is -2.08. The van der Waals surface area contributed by atoms with E-state index in [2.05, 4.69) is 17.6 Å². The molecule has 0 bridgehead atoms. The zero-order valence-corrected chi connectivity index (χ0v) is 14.9. The predicted molar refractivity (Wildman–Crippen MR) is 99.8 cm³/mol. The average Bonchev–Trinajstić information content (AvgIpc) is 2.67.